The van der Waals surface area contributed by atoms with Crippen LogP contribution in [0.1, 0.15) is 40.2 Å². The van der Waals surface area contributed by atoms with Crippen LogP contribution in [0, 0.1) is 11.3 Å². The maximum absolute atomic E-state index is 12.4. The molecule has 2 atom stereocenters. The Hall–Kier alpha value is -2.42. The first-order chi connectivity index (χ1) is 11.7. The summed E-state index contributed by atoms with van der Waals surface area (Å²) in [6.45, 7) is 11.0. The first-order valence-corrected chi connectivity index (χ1v) is 8.50. The fourth-order valence-electron chi connectivity index (χ4n) is 3.01. The van der Waals surface area contributed by atoms with Crippen molar-refractivity contribution in [3.05, 3.63) is 23.8 Å². The molecule has 1 heterocycles. The summed E-state index contributed by atoms with van der Waals surface area (Å²) in [6, 6.07) is 7.85. The first-order valence-electron chi connectivity index (χ1n) is 8.50. The standard InChI is InChI=1S/C19H27N3O3/c1-13-12-22(18(23)25-19(3,4)5)14(2)11-21(13)16-8-7-15(10-20)17(9-16)24-6/h7-9,13-14H,11-12H2,1-6H3/t13?,14-/m0/s1. The van der Waals surface area contributed by atoms with Crippen molar-refractivity contribution in [1.82, 2.24) is 4.90 Å². The van der Waals surface area contributed by atoms with Crippen molar-refractivity contribution in [2.75, 3.05) is 25.1 Å². The zero-order chi connectivity index (χ0) is 18.8. The van der Waals surface area contributed by atoms with Gasteiger partial charge in [-0.2, -0.15) is 5.26 Å². The van der Waals surface area contributed by atoms with Crippen molar-refractivity contribution in [3.8, 4) is 11.8 Å². The van der Waals surface area contributed by atoms with Gasteiger partial charge < -0.3 is 19.3 Å². The molecule has 1 fully saturated rings. The van der Waals surface area contributed by atoms with Crippen LogP contribution in [0.4, 0.5) is 10.5 Å². The van der Waals surface area contributed by atoms with Gasteiger partial charge in [0.2, 0.25) is 0 Å². The van der Waals surface area contributed by atoms with Gasteiger partial charge in [-0.15, -0.1) is 0 Å². The summed E-state index contributed by atoms with van der Waals surface area (Å²) in [7, 11) is 1.56. The molecule has 6 heteroatoms. The van der Waals surface area contributed by atoms with Gasteiger partial charge in [0.1, 0.15) is 17.4 Å². The van der Waals surface area contributed by atoms with Crippen LogP contribution in [0.2, 0.25) is 0 Å². The molecular weight excluding hydrogens is 318 g/mol. The van der Waals surface area contributed by atoms with Gasteiger partial charge in [-0.1, -0.05) is 0 Å². The van der Waals surface area contributed by atoms with E-state index < -0.39 is 5.60 Å². The molecule has 1 aliphatic heterocycles. The molecule has 25 heavy (non-hydrogen) atoms. The second-order valence-electron chi connectivity index (χ2n) is 7.48. The smallest absolute Gasteiger partial charge is 0.410 e. The third-order valence-corrected chi connectivity index (χ3v) is 4.25. The molecular formula is C19H27N3O3. The van der Waals surface area contributed by atoms with E-state index in [-0.39, 0.29) is 18.2 Å². The van der Waals surface area contributed by atoms with Gasteiger partial charge in [-0.25, -0.2) is 4.79 Å². The lowest BCUT2D eigenvalue weighted by Gasteiger charge is -2.45. The number of benzene rings is 1. The van der Waals surface area contributed by atoms with Crippen molar-refractivity contribution in [2.24, 2.45) is 0 Å². The van der Waals surface area contributed by atoms with Crippen molar-refractivity contribution in [3.63, 3.8) is 0 Å². The van der Waals surface area contributed by atoms with Crippen LogP contribution >= 0.6 is 0 Å². The van der Waals surface area contributed by atoms with Crippen LogP contribution in [0.15, 0.2) is 18.2 Å². The van der Waals surface area contributed by atoms with Crippen LogP contribution in [-0.4, -0.2) is 48.9 Å². The Morgan fingerprint density at radius 1 is 1.24 bits per heavy atom. The largest absolute Gasteiger partial charge is 0.495 e. The molecule has 0 aliphatic carbocycles. The van der Waals surface area contributed by atoms with Crippen molar-refractivity contribution in [1.29, 1.82) is 5.26 Å². The third-order valence-electron chi connectivity index (χ3n) is 4.25. The van der Waals surface area contributed by atoms with Crippen molar-refractivity contribution < 1.29 is 14.3 Å². The Kier molecular flexibility index (Phi) is 5.46. The number of ether oxygens (including phenoxy) is 2. The molecule has 1 aliphatic rings. The molecule has 1 aromatic carbocycles. The highest BCUT2D eigenvalue weighted by atomic mass is 16.6. The summed E-state index contributed by atoms with van der Waals surface area (Å²) < 4.78 is 10.8. The topological polar surface area (TPSA) is 65.8 Å². The highest BCUT2D eigenvalue weighted by Crippen LogP contribution is 2.29. The Balaban J connectivity index is 2.17. The van der Waals surface area contributed by atoms with E-state index in [0.717, 1.165) is 5.69 Å². The number of carbonyl (C=O) groups is 1. The predicted octanol–water partition coefficient (Wildman–Crippen LogP) is 3.40. The normalized spacial score (nSPS) is 20.8. The minimum Gasteiger partial charge on any atom is -0.495 e. The lowest BCUT2D eigenvalue weighted by Crippen LogP contribution is -2.59. The molecule has 0 radical (unpaired) electrons. The van der Waals surface area contributed by atoms with Gasteiger partial charge in [-0.05, 0) is 46.8 Å². The molecule has 0 spiro atoms. The van der Waals surface area contributed by atoms with E-state index in [0.29, 0.717) is 24.4 Å². The second kappa shape index (κ2) is 7.22. The molecule has 136 valence electrons. The zero-order valence-electron chi connectivity index (χ0n) is 15.9. The summed E-state index contributed by atoms with van der Waals surface area (Å²) in [5, 5.41) is 9.13. The summed E-state index contributed by atoms with van der Waals surface area (Å²) in [6.07, 6.45) is -0.274. The molecule has 0 bridgehead atoms. The number of anilines is 1. The number of rotatable bonds is 2. The molecule has 1 amide bonds. The Morgan fingerprint density at radius 2 is 1.92 bits per heavy atom. The minimum atomic E-state index is -0.502. The van der Waals surface area contributed by atoms with Gasteiger partial charge >= 0.3 is 6.09 Å². The number of methoxy groups -OCH3 is 1. The average molecular weight is 345 g/mol. The lowest BCUT2D eigenvalue weighted by molar-refractivity contribution is 0.0130. The SMILES string of the molecule is COc1cc(N2C[C@H](C)N(C(=O)OC(C)(C)C)CC2C)ccc1C#N. The molecule has 1 saturated heterocycles. The van der Waals surface area contributed by atoms with Crippen molar-refractivity contribution in [2.45, 2.75) is 52.3 Å². The van der Waals surface area contributed by atoms with Crippen LogP contribution in [0.3, 0.4) is 0 Å². The van der Waals surface area contributed by atoms with Gasteiger partial charge in [0, 0.05) is 36.9 Å². The lowest BCUT2D eigenvalue weighted by atomic mass is 10.1. The maximum atomic E-state index is 12.4. The van der Waals surface area contributed by atoms with Crippen LogP contribution < -0.4 is 9.64 Å². The number of amides is 1. The summed E-state index contributed by atoms with van der Waals surface area (Å²) in [4.78, 5) is 16.4. The van der Waals surface area contributed by atoms with Crippen LogP contribution in [-0.2, 0) is 4.74 Å². The molecule has 6 nitrogen and oxygen atoms in total. The van der Waals surface area contributed by atoms with E-state index >= 15 is 0 Å². The third kappa shape index (κ3) is 4.36. The first kappa shape index (κ1) is 18.9. The quantitative estimate of drug-likeness (QED) is 0.822. The van der Waals surface area contributed by atoms with Crippen LogP contribution in [0.25, 0.3) is 0 Å². The number of hydrogen-bond donors (Lipinski definition) is 0. The van der Waals surface area contributed by atoms with E-state index in [1.165, 1.54) is 0 Å². The van der Waals surface area contributed by atoms with E-state index in [4.69, 9.17) is 14.7 Å². The van der Waals surface area contributed by atoms with E-state index in [9.17, 15) is 4.79 Å². The number of carbonyl (C=O) groups excluding carboxylic acids is 1. The fourth-order valence-corrected chi connectivity index (χ4v) is 3.01. The maximum Gasteiger partial charge on any atom is 0.410 e. The molecule has 0 N–H and O–H groups in total. The van der Waals surface area contributed by atoms with Gasteiger partial charge in [-0.3, -0.25) is 0 Å². The average Bonchev–Trinajstić information content (AvgIpc) is 2.54. The second-order valence-corrected chi connectivity index (χ2v) is 7.48. The van der Waals surface area contributed by atoms with Gasteiger partial charge in [0.05, 0.1) is 12.7 Å². The Labute approximate surface area is 149 Å². The predicted molar refractivity (Wildman–Crippen MR) is 96.9 cm³/mol. The highest BCUT2D eigenvalue weighted by Gasteiger charge is 2.34. The zero-order valence-corrected chi connectivity index (χ0v) is 15.9. The minimum absolute atomic E-state index is 0.0210. The molecule has 0 saturated carbocycles. The molecule has 1 aromatic rings. The van der Waals surface area contributed by atoms with E-state index in [1.807, 2.05) is 39.8 Å². The molecule has 2 rings (SSSR count). The summed E-state index contributed by atoms with van der Waals surface area (Å²) >= 11 is 0. The number of piperazine rings is 1. The van der Waals surface area contributed by atoms with Gasteiger partial charge in [0.25, 0.3) is 0 Å². The number of hydrogen-bond acceptors (Lipinski definition) is 5. The van der Waals surface area contributed by atoms with Crippen molar-refractivity contribution >= 4 is 11.8 Å². The van der Waals surface area contributed by atoms with Gasteiger partial charge in [0.15, 0.2) is 0 Å². The summed E-state index contributed by atoms with van der Waals surface area (Å²) in [5.41, 5.74) is 0.996. The Morgan fingerprint density at radius 3 is 2.48 bits per heavy atom. The summed E-state index contributed by atoms with van der Waals surface area (Å²) in [5.74, 6) is 0.564. The molecule has 0 aromatic heterocycles. The van der Waals surface area contributed by atoms with E-state index in [2.05, 4.69) is 17.9 Å². The Bertz CT molecular complexity index is 675. The number of nitriles is 1. The highest BCUT2D eigenvalue weighted by molar-refractivity contribution is 5.69. The number of nitrogens with zero attached hydrogens (tertiary/aromatic N) is 3. The van der Waals surface area contributed by atoms with Crippen LogP contribution in [0.5, 0.6) is 5.75 Å². The van der Waals surface area contributed by atoms with E-state index in [1.54, 1.807) is 18.1 Å². The fraction of sp³-hybridized carbons (Fsp3) is 0.579. The molecule has 1 unspecified atom stereocenters. The monoisotopic (exact) mass is 345 g/mol.